The van der Waals surface area contributed by atoms with Crippen molar-refractivity contribution in [3.63, 3.8) is 0 Å². The van der Waals surface area contributed by atoms with Gasteiger partial charge in [-0.2, -0.15) is 11.8 Å². The van der Waals surface area contributed by atoms with E-state index in [4.69, 9.17) is 5.73 Å². The van der Waals surface area contributed by atoms with Crippen LogP contribution in [0.4, 0.5) is 9.80 Å². The molecule has 2 aromatic rings. The van der Waals surface area contributed by atoms with E-state index in [2.05, 4.69) is 10.6 Å². The van der Waals surface area contributed by atoms with Gasteiger partial charge in [0.25, 0.3) is 5.91 Å². The molecule has 0 aliphatic carbocycles. The first-order valence-electron chi connectivity index (χ1n) is 7.67. The lowest BCUT2D eigenvalue weighted by Crippen LogP contribution is -2.29. The van der Waals surface area contributed by atoms with E-state index in [-0.39, 0.29) is 6.03 Å². The molecule has 0 radical (unpaired) electrons. The molecule has 0 spiro atoms. The Balaban J connectivity index is 1.71. The van der Waals surface area contributed by atoms with E-state index in [1.54, 1.807) is 0 Å². The number of amides is 3. The third kappa shape index (κ3) is 3.57. The molecule has 1 aliphatic rings. The van der Waals surface area contributed by atoms with Gasteiger partial charge in [0.05, 0.1) is 5.56 Å². The molecule has 4 N–H and O–H groups in total. The van der Waals surface area contributed by atoms with Gasteiger partial charge in [0.1, 0.15) is 5.00 Å². The predicted molar refractivity (Wildman–Crippen MR) is 99.7 cm³/mol. The van der Waals surface area contributed by atoms with Gasteiger partial charge in [-0.1, -0.05) is 24.3 Å². The zero-order chi connectivity index (χ0) is 17.1. The van der Waals surface area contributed by atoms with E-state index < -0.39 is 5.91 Å². The number of hydrogen-bond donors (Lipinski definition) is 3. The van der Waals surface area contributed by atoms with Crippen molar-refractivity contribution in [2.24, 2.45) is 5.73 Å². The Hall–Kier alpha value is -1.99. The van der Waals surface area contributed by atoms with Crippen molar-refractivity contribution in [1.29, 1.82) is 0 Å². The number of hydrogen-bond acceptors (Lipinski definition) is 4. The molecule has 2 heterocycles. The number of nitrogens with one attached hydrogen (secondary N) is 2. The first-order chi connectivity index (χ1) is 11.6. The summed E-state index contributed by atoms with van der Waals surface area (Å²) in [5.74, 6) is 1.36. The van der Waals surface area contributed by atoms with Crippen LogP contribution in [0.5, 0.6) is 0 Å². The number of nitrogens with two attached hydrogens (primary N) is 1. The van der Waals surface area contributed by atoms with Crippen LogP contribution in [0.25, 0.3) is 0 Å². The highest BCUT2D eigenvalue weighted by atomic mass is 32.2. The largest absolute Gasteiger partial charge is 0.365 e. The molecule has 0 unspecified atom stereocenters. The van der Waals surface area contributed by atoms with Gasteiger partial charge in [-0.3, -0.25) is 10.1 Å². The molecule has 0 saturated carbocycles. The molecule has 1 aromatic carbocycles. The Morgan fingerprint density at radius 2 is 2.08 bits per heavy atom. The lowest BCUT2D eigenvalue weighted by Gasteiger charge is -2.11. The number of fused-ring (bicyclic) bond motifs is 1. The summed E-state index contributed by atoms with van der Waals surface area (Å²) >= 11 is 3.28. The summed E-state index contributed by atoms with van der Waals surface area (Å²) in [4.78, 5) is 25.2. The van der Waals surface area contributed by atoms with Gasteiger partial charge in [-0.25, -0.2) is 4.79 Å². The highest BCUT2D eigenvalue weighted by molar-refractivity contribution is 7.98. The van der Waals surface area contributed by atoms with E-state index in [0.29, 0.717) is 17.1 Å². The second-order valence-corrected chi connectivity index (χ2v) is 7.82. The topological polar surface area (TPSA) is 84.2 Å². The first kappa shape index (κ1) is 16.9. The summed E-state index contributed by atoms with van der Waals surface area (Å²) in [5, 5.41) is 6.18. The van der Waals surface area contributed by atoms with Crippen LogP contribution < -0.4 is 16.4 Å². The van der Waals surface area contributed by atoms with Crippen molar-refractivity contribution in [2.75, 3.05) is 11.1 Å². The van der Waals surface area contributed by atoms with Gasteiger partial charge >= 0.3 is 6.03 Å². The molecule has 1 aliphatic heterocycles. The molecule has 0 atom stereocenters. The summed E-state index contributed by atoms with van der Waals surface area (Å²) in [6.07, 6.45) is 0.821. The maximum absolute atomic E-state index is 12.2. The summed E-state index contributed by atoms with van der Waals surface area (Å²) in [7, 11) is 0. The number of benzene rings is 1. The zero-order valence-electron chi connectivity index (χ0n) is 13.3. The van der Waals surface area contributed by atoms with Crippen molar-refractivity contribution in [3.8, 4) is 0 Å². The maximum atomic E-state index is 12.2. The summed E-state index contributed by atoms with van der Waals surface area (Å²) in [5.41, 5.74) is 9.19. The third-order valence-corrected chi connectivity index (χ3v) is 6.31. The van der Waals surface area contributed by atoms with E-state index in [1.807, 2.05) is 43.0 Å². The number of aryl methyl sites for hydroxylation is 1. The standard InChI is InChI=1S/C17H19N3O2S2/c1-10-4-2-3-5-11(10)8-19-17(22)20-16-14(15(18)21)12-6-7-23-9-13(12)24-16/h2-5H,6-9H2,1H3,(H2,18,21)(H2,19,20,22). The van der Waals surface area contributed by atoms with Crippen LogP contribution in [-0.4, -0.2) is 17.7 Å². The lowest BCUT2D eigenvalue weighted by atomic mass is 10.1. The van der Waals surface area contributed by atoms with Crippen molar-refractivity contribution in [3.05, 3.63) is 51.4 Å². The lowest BCUT2D eigenvalue weighted by molar-refractivity contribution is 0.100. The van der Waals surface area contributed by atoms with Gasteiger partial charge in [-0.05, 0) is 35.8 Å². The number of urea groups is 1. The molecule has 0 saturated heterocycles. The highest BCUT2D eigenvalue weighted by Gasteiger charge is 2.25. The zero-order valence-corrected chi connectivity index (χ0v) is 15.0. The van der Waals surface area contributed by atoms with Gasteiger partial charge < -0.3 is 11.1 Å². The average molecular weight is 361 g/mol. The third-order valence-electron chi connectivity index (χ3n) is 3.99. The molecular formula is C17H19N3O2S2. The van der Waals surface area contributed by atoms with Crippen LogP contribution in [0.2, 0.25) is 0 Å². The minimum Gasteiger partial charge on any atom is -0.365 e. The van der Waals surface area contributed by atoms with Crippen LogP contribution in [0.3, 0.4) is 0 Å². The summed E-state index contributed by atoms with van der Waals surface area (Å²) < 4.78 is 0. The number of anilines is 1. The first-order valence-corrected chi connectivity index (χ1v) is 9.65. The van der Waals surface area contributed by atoms with Gasteiger partial charge in [0.2, 0.25) is 0 Å². The van der Waals surface area contributed by atoms with Crippen molar-refractivity contribution in [1.82, 2.24) is 5.32 Å². The molecule has 1 aromatic heterocycles. The van der Waals surface area contributed by atoms with Gasteiger partial charge in [0, 0.05) is 17.2 Å². The smallest absolute Gasteiger partial charge is 0.320 e. The SMILES string of the molecule is Cc1ccccc1CNC(=O)Nc1sc2c(c1C(N)=O)CCSC2. The summed E-state index contributed by atoms with van der Waals surface area (Å²) in [6, 6.07) is 7.56. The Morgan fingerprint density at radius 3 is 2.83 bits per heavy atom. The van der Waals surface area contributed by atoms with Crippen LogP contribution in [-0.2, 0) is 18.7 Å². The Bertz CT molecular complexity index is 786. The van der Waals surface area contributed by atoms with Crippen molar-refractivity contribution in [2.45, 2.75) is 25.6 Å². The Morgan fingerprint density at radius 1 is 1.29 bits per heavy atom. The molecule has 0 bridgehead atoms. The van der Waals surface area contributed by atoms with E-state index in [1.165, 1.54) is 11.3 Å². The number of primary amides is 1. The monoisotopic (exact) mass is 361 g/mol. The normalized spacial score (nSPS) is 13.2. The van der Waals surface area contributed by atoms with Crippen LogP contribution >= 0.6 is 23.1 Å². The molecule has 0 fully saturated rings. The number of thioether (sulfide) groups is 1. The average Bonchev–Trinajstić information content (AvgIpc) is 2.92. The fraction of sp³-hybridized carbons (Fsp3) is 0.294. The van der Waals surface area contributed by atoms with E-state index in [9.17, 15) is 9.59 Å². The molecule has 3 rings (SSSR count). The number of carbonyl (C=O) groups is 2. The minimum absolute atomic E-state index is 0.327. The molecule has 126 valence electrons. The van der Waals surface area contributed by atoms with E-state index >= 15 is 0 Å². The second-order valence-electron chi connectivity index (χ2n) is 5.61. The van der Waals surface area contributed by atoms with Crippen LogP contribution in [0.15, 0.2) is 24.3 Å². The Kier molecular flexibility index (Phi) is 5.11. The van der Waals surface area contributed by atoms with Crippen LogP contribution in [0, 0.1) is 6.92 Å². The minimum atomic E-state index is -0.478. The Labute approximate surface area is 149 Å². The van der Waals surface area contributed by atoms with Crippen molar-refractivity contribution >= 4 is 40.0 Å². The van der Waals surface area contributed by atoms with Crippen LogP contribution in [0.1, 0.15) is 31.9 Å². The van der Waals surface area contributed by atoms with Gasteiger partial charge in [0.15, 0.2) is 0 Å². The number of carbonyl (C=O) groups excluding carboxylic acids is 2. The fourth-order valence-corrected chi connectivity index (χ4v) is 5.09. The fourth-order valence-electron chi connectivity index (χ4n) is 2.71. The number of thiophene rings is 1. The molecular weight excluding hydrogens is 342 g/mol. The molecule has 3 amide bonds. The summed E-state index contributed by atoms with van der Waals surface area (Å²) in [6.45, 7) is 2.44. The molecule has 7 heteroatoms. The van der Waals surface area contributed by atoms with E-state index in [0.717, 1.165) is 39.5 Å². The number of rotatable bonds is 4. The quantitative estimate of drug-likeness (QED) is 0.781. The van der Waals surface area contributed by atoms with Crippen molar-refractivity contribution < 1.29 is 9.59 Å². The molecule has 5 nitrogen and oxygen atoms in total. The maximum Gasteiger partial charge on any atom is 0.320 e. The predicted octanol–water partition coefficient (Wildman–Crippen LogP) is 3.27. The molecule has 24 heavy (non-hydrogen) atoms. The second kappa shape index (κ2) is 7.27. The highest BCUT2D eigenvalue weighted by Crippen LogP contribution is 2.39. The van der Waals surface area contributed by atoms with Gasteiger partial charge in [-0.15, -0.1) is 11.3 Å².